The second-order valence-electron chi connectivity index (χ2n) is 6.98. The van der Waals surface area contributed by atoms with Crippen LogP contribution in [0.25, 0.3) is 46.4 Å². The Morgan fingerprint density at radius 3 is 1.88 bits per heavy atom. The molecular formula is C24H10FeN8. The van der Waals surface area contributed by atoms with Crippen LogP contribution < -0.4 is 0 Å². The van der Waals surface area contributed by atoms with Crippen molar-refractivity contribution in [3.8, 4) is 24.4 Å². The van der Waals surface area contributed by atoms with Gasteiger partial charge in [0.15, 0.2) is 6.19 Å². The third-order valence-electron chi connectivity index (χ3n) is 5.10. The van der Waals surface area contributed by atoms with Gasteiger partial charge in [0.1, 0.15) is 23.8 Å². The van der Waals surface area contributed by atoms with Crippen molar-refractivity contribution in [1.82, 2.24) is 19.5 Å². The molecule has 0 spiro atoms. The molecule has 33 heavy (non-hydrogen) atoms. The Balaban J connectivity index is 0.00000259. The third kappa shape index (κ3) is 3.47. The Bertz CT molecular complexity index is 1720. The quantitative estimate of drug-likeness (QED) is 0.341. The Hall–Kier alpha value is -4.92. The van der Waals surface area contributed by atoms with Gasteiger partial charge in [-0.05, 0) is 54.6 Å². The minimum atomic E-state index is -0.0541. The molecule has 0 aliphatic carbocycles. The molecule has 2 aliphatic heterocycles. The molecule has 1 N–H and O–H groups in total. The fourth-order valence-corrected chi connectivity index (χ4v) is 3.73. The summed E-state index contributed by atoms with van der Waals surface area (Å²) in [6.45, 7) is 0. The van der Waals surface area contributed by atoms with Gasteiger partial charge in [0, 0.05) is 28.1 Å². The second-order valence-corrected chi connectivity index (χ2v) is 6.98. The summed E-state index contributed by atoms with van der Waals surface area (Å²) in [7, 11) is 0. The van der Waals surface area contributed by atoms with Gasteiger partial charge >= 0.3 is 0 Å². The normalized spacial score (nSPS) is 11.0. The number of nitriles is 4. The molecule has 3 aromatic rings. The molecule has 2 aliphatic rings. The number of aromatic amines is 1. The number of nitrogens with one attached hydrogen (secondary N) is 1. The van der Waals surface area contributed by atoms with Crippen LogP contribution in [0.3, 0.4) is 0 Å². The number of aromatic nitrogens is 4. The van der Waals surface area contributed by atoms with Crippen LogP contribution in [0.5, 0.6) is 0 Å². The molecule has 0 aromatic carbocycles. The largest absolute Gasteiger partial charge is 0.355 e. The Morgan fingerprint density at radius 2 is 1.27 bits per heavy atom. The number of hydrogen-bond acceptors (Lipinski definition) is 6. The zero-order chi connectivity index (χ0) is 22.2. The Labute approximate surface area is 198 Å². The van der Waals surface area contributed by atoms with E-state index >= 15 is 0 Å². The number of hydrogen-bond donors (Lipinski definition) is 1. The first-order valence-corrected chi connectivity index (χ1v) is 9.42. The van der Waals surface area contributed by atoms with Crippen LogP contribution in [0.4, 0.5) is 0 Å². The van der Waals surface area contributed by atoms with E-state index in [2.05, 4.69) is 21.0 Å². The molecule has 0 radical (unpaired) electrons. The second kappa shape index (κ2) is 8.31. The molecule has 8 bridgehead atoms. The molecule has 5 rings (SSSR count). The molecule has 9 heteroatoms. The van der Waals surface area contributed by atoms with Crippen LogP contribution in [-0.2, 0) is 17.1 Å². The summed E-state index contributed by atoms with van der Waals surface area (Å²) in [5.74, 6) is 0. The van der Waals surface area contributed by atoms with Crippen LogP contribution >= 0.6 is 0 Å². The summed E-state index contributed by atoms with van der Waals surface area (Å²) in [5, 5.41) is 39.4. The van der Waals surface area contributed by atoms with Crippen molar-refractivity contribution in [1.29, 1.82) is 21.0 Å². The third-order valence-corrected chi connectivity index (χ3v) is 5.10. The van der Waals surface area contributed by atoms with Crippen LogP contribution in [-0.4, -0.2) is 19.5 Å². The van der Waals surface area contributed by atoms with Gasteiger partial charge in [-0.15, -0.1) is 0 Å². The van der Waals surface area contributed by atoms with Gasteiger partial charge < -0.3 is 4.98 Å². The van der Waals surface area contributed by atoms with E-state index in [9.17, 15) is 21.0 Å². The molecule has 0 saturated heterocycles. The van der Waals surface area contributed by atoms with Crippen LogP contribution in [0.15, 0.2) is 30.3 Å². The predicted octanol–water partition coefficient (Wildman–Crippen LogP) is 4.07. The Kier molecular flexibility index (Phi) is 5.37. The number of nitrogens with zero attached hydrogens (tertiary/aromatic N) is 7. The van der Waals surface area contributed by atoms with E-state index in [1.165, 1.54) is 0 Å². The fourth-order valence-electron chi connectivity index (χ4n) is 3.73. The van der Waals surface area contributed by atoms with Gasteiger partial charge in [0.25, 0.3) is 0 Å². The Morgan fingerprint density at radius 1 is 0.697 bits per heavy atom. The average Bonchev–Trinajstić information content (AvgIpc) is 3.57. The maximum Gasteiger partial charge on any atom is 0.189 e. The first kappa shape index (κ1) is 21.3. The molecule has 0 amide bonds. The van der Waals surface area contributed by atoms with Crippen molar-refractivity contribution in [2.24, 2.45) is 0 Å². The summed E-state index contributed by atoms with van der Waals surface area (Å²) in [4.78, 5) is 12.3. The summed E-state index contributed by atoms with van der Waals surface area (Å²) in [6.07, 6.45) is 8.95. The van der Waals surface area contributed by atoms with Gasteiger partial charge in [-0.2, -0.15) is 21.0 Å². The summed E-state index contributed by atoms with van der Waals surface area (Å²) in [6, 6.07) is 15.1. The number of H-pyrrole nitrogens is 1. The molecule has 0 unspecified atom stereocenters. The first-order valence-electron chi connectivity index (χ1n) is 9.42. The summed E-state index contributed by atoms with van der Waals surface area (Å²) >= 11 is 0. The van der Waals surface area contributed by atoms with Gasteiger partial charge in [-0.25, -0.2) is 14.5 Å². The van der Waals surface area contributed by atoms with Crippen molar-refractivity contribution < 1.29 is 17.1 Å². The standard InChI is InChI=1S/C24H10N8.Fe/c25-10-19-20(11-26)24-21(12-27)22-6-5-17(31-22)8-16-2-1-14(29-16)7-15-3-4-18(30-15)9-23(19)32(24)13-28;/h1-9,29H;. The van der Waals surface area contributed by atoms with E-state index < -0.39 is 0 Å². The topological polar surface area (TPSA) is 142 Å². The van der Waals surface area contributed by atoms with Crippen LogP contribution in [0, 0.1) is 45.4 Å². The van der Waals surface area contributed by atoms with E-state index in [0.29, 0.717) is 22.8 Å². The smallest absolute Gasteiger partial charge is 0.189 e. The van der Waals surface area contributed by atoms with E-state index in [1.54, 1.807) is 24.3 Å². The molecule has 5 heterocycles. The maximum absolute atomic E-state index is 9.93. The molecule has 0 fully saturated rings. The minimum Gasteiger partial charge on any atom is -0.355 e. The minimum absolute atomic E-state index is 0. The van der Waals surface area contributed by atoms with E-state index in [1.807, 2.05) is 48.7 Å². The van der Waals surface area contributed by atoms with Gasteiger partial charge in [-0.3, -0.25) is 0 Å². The molecule has 154 valence electrons. The van der Waals surface area contributed by atoms with Gasteiger partial charge in [0.2, 0.25) is 0 Å². The molecule has 0 atom stereocenters. The molecular weight excluding hydrogens is 456 g/mol. The average molecular weight is 466 g/mol. The van der Waals surface area contributed by atoms with Crippen molar-refractivity contribution in [3.63, 3.8) is 0 Å². The number of fused-ring (bicyclic) bond motifs is 8. The molecule has 3 aromatic heterocycles. The zero-order valence-electron chi connectivity index (χ0n) is 16.7. The molecule has 0 saturated carbocycles. The predicted molar refractivity (Wildman–Crippen MR) is 118 cm³/mol. The van der Waals surface area contributed by atoms with Crippen molar-refractivity contribution in [2.75, 3.05) is 0 Å². The van der Waals surface area contributed by atoms with Gasteiger partial charge in [-0.1, -0.05) is 0 Å². The van der Waals surface area contributed by atoms with Crippen molar-refractivity contribution >= 4 is 46.4 Å². The zero-order valence-corrected chi connectivity index (χ0v) is 17.8. The molecule has 8 nitrogen and oxygen atoms in total. The monoisotopic (exact) mass is 466 g/mol. The van der Waals surface area contributed by atoms with E-state index in [4.69, 9.17) is 0 Å². The van der Waals surface area contributed by atoms with Crippen molar-refractivity contribution in [3.05, 3.63) is 69.8 Å². The summed E-state index contributed by atoms with van der Waals surface area (Å²) in [5.41, 5.74) is 3.96. The number of rotatable bonds is 0. The fraction of sp³-hybridized carbons (Fsp3) is 0. The summed E-state index contributed by atoms with van der Waals surface area (Å²) < 4.78 is 1.12. The maximum atomic E-state index is 9.93. The van der Waals surface area contributed by atoms with Crippen molar-refractivity contribution in [2.45, 2.75) is 0 Å². The SMILES string of the molecule is N#Cc1c(C#N)c2c(C#N)c3nc(cc4ccc(cc5nc(cc1n2C#N)C=C5)[nH]4)C=C3.[Fe]. The first-order chi connectivity index (χ1) is 15.6. The van der Waals surface area contributed by atoms with Gasteiger partial charge in [0.05, 0.1) is 44.9 Å². The van der Waals surface area contributed by atoms with E-state index in [0.717, 1.165) is 15.6 Å². The van der Waals surface area contributed by atoms with Crippen LogP contribution in [0.1, 0.15) is 39.5 Å². The van der Waals surface area contributed by atoms with Crippen LogP contribution in [0.2, 0.25) is 0 Å². The van der Waals surface area contributed by atoms with E-state index in [-0.39, 0.29) is 44.8 Å².